The van der Waals surface area contributed by atoms with E-state index in [1.807, 2.05) is 4.90 Å². The molecule has 0 saturated carbocycles. The van der Waals surface area contributed by atoms with E-state index >= 15 is 0 Å². The van der Waals surface area contributed by atoms with Gasteiger partial charge in [0.05, 0.1) is 0 Å². The van der Waals surface area contributed by atoms with Gasteiger partial charge in [-0.15, -0.1) is 0 Å². The van der Waals surface area contributed by atoms with Crippen molar-refractivity contribution < 1.29 is 24.3 Å². The largest absolute Gasteiger partial charge is 0.334 e. The van der Waals surface area contributed by atoms with E-state index in [0.717, 1.165) is 25.9 Å². The number of carbonyl (C=O) groups excluding carboxylic acids is 1. The average molecular weight is 647 g/mol. The first kappa shape index (κ1) is 43.6. The molecule has 242 valence electrons. The average Bonchev–Trinajstić information content (AvgIpc) is 2.95. The zero-order valence-electron chi connectivity index (χ0n) is 28.6. The van der Waals surface area contributed by atoms with Crippen molar-refractivity contribution in [3.05, 3.63) is 0 Å². The predicted octanol–water partition coefficient (Wildman–Crippen LogP) is 13.9. The third-order valence-electron chi connectivity index (χ3n) is 8.83. The molecule has 0 aliphatic heterocycles. The molecule has 0 aromatic rings. The predicted molar refractivity (Wildman–Crippen MR) is 185 cm³/mol. The molecule has 0 aliphatic carbocycles. The monoisotopic (exact) mass is 645 g/mol. The van der Waals surface area contributed by atoms with Crippen LogP contribution in [0.1, 0.15) is 219 Å². The minimum Gasteiger partial charge on any atom is -0.334 e. The molecule has 0 aliphatic rings. The van der Waals surface area contributed by atoms with Crippen molar-refractivity contribution in [3.8, 4) is 0 Å². The van der Waals surface area contributed by atoms with E-state index in [4.69, 9.17) is 0 Å². The molecule has 0 aromatic carbocycles. The van der Waals surface area contributed by atoms with E-state index in [0.29, 0.717) is 0 Å². The fourth-order valence-corrected chi connectivity index (χ4v) is 6.20. The molecular weight excluding hydrogens is 572 g/mol. The number of rotatable bonds is 34. The molecule has 0 atom stereocenters. The summed E-state index contributed by atoms with van der Waals surface area (Å²) in [5.74, 6) is 0. The second kappa shape index (κ2) is 38.5. The number of hydrogen-bond donors (Lipinski definition) is 1. The van der Waals surface area contributed by atoms with Crippen molar-refractivity contribution in [3.63, 3.8) is 0 Å². The molecule has 0 unspecified atom stereocenters. The van der Waals surface area contributed by atoms with Crippen molar-refractivity contribution >= 4 is 17.9 Å². The number of nitrogens with zero attached hydrogens (tertiary/aromatic N) is 1. The first-order chi connectivity index (χ1) is 19.7. The Bertz CT molecular complexity index is 454. The van der Waals surface area contributed by atoms with Gasteiger partial charge in [0, 0.05) is 32.6 Å². The summed E-state index contributed by atoms with van der Waals surface area (Å²) in [6.07, 6.45) is 44.5. The number of thiol groups is 1. The van der Waals surface area contributed by atoms with E-state index in [1.54, 1.807) is 0 Å². The zero-order valence-corrected chi connectivity index (χ0v) is 32.4. The van der Waals surface area contributed by atoms with Gasteiger partial charge in [0.2, 0.25) is 0 Å². The molecule has 41 heavy (non-hydrogen) atoms. The summed E-state index contributed by atoms with van der Waals surface area (Å²) in [6, 6.07) is 0. The normalized spacial score (nSPS) is 11.1. The summed E-state index contributed by atoms with van der Waals surface area (Å²) in [5.41, 5.74) is 0. The standard InChI is InChI=1S/C37H75NOS.Zn/c1-3-5-7-9-11-13-15-17-19-21-23-25-27-29-31-33-35-38(37(39)40)36-34-32-30-28-26-24-22-20-18-16-14-12-10-8-6-4-2;/h3-36H2,1-2H3,(H,39,40);. The van der Waals surface area contributed by atoms with Crippen LogP contribution in [0, 0.1) is 0 Å². The molecule has 0 bridgehead atoms. The molecule has 0 N–H and O–H groups in total. The van der Waals surface area contributed by atoms with Gasteiger partial charge in [0.1, 0.15) is 0 Å². The minimum atomic E-state index is -0.0260. The number of carbonyl (C=O) groups is 1. The van der Waals surface area contributed by atoms with Gasteiger partial charge in [-0.25, -0.2) is 0 Å². The van der Waals surface area contributed by atoms with Crippen LogP contribution in [0.15, 0.2) is 0 Å². The first-order valence-electron chi connectivity index (χ1n) is 18.7. The van der Waals surface area contributed by atoms with Crippen LogP contribution in [0.5, 0.6) is 0 Å². The molecule has 0 rings (SSSR count). The van der Waals surface area contributed by atoms with Gasteiger partial charge in [0.25, 0.3) is 5.24 Å². The summed E-state index contributed by atoms with van der Waals surface area (Å²) in [5, 5.41) is -0.0260. The summed E-state index contributed by atoms with van der Waals surface area (Å²) in [4.78, 5) is 13.9. The van der Waals surface area contributed by atoms with Crippen LogP contribution < -0.4 is 0 Å². The molecular formula is C37H75NOSZn. The van der Waals surface area contributed by atoms with Gasteiger partial charge in [-0.3, -0.25) is 4.79 Å². The van der Waals surface area contributed by atoms with Gasteiger partial charge < -0.3 is 4.90 Å². The Kier molecular flexibility index (Phi) is 40.9. The Morgan fingerprint density at radius 2 is 0.537 bits per heavy atom. The smallest absolute Gasteiger partial charge is 0.278 e. The van der Waals surface area contributed by atoms with Crippen LogP contribution in [0.2, 0.25) is 0 Å². The Morgan fingerprint density at radius 1 is 0.366 bits per heavy atom. The fourth-order valence-electron chi connectivity index (χ4n) is 6.00. The van der Waals surface area contributed by atoms with Gasteiger partial charge >= 0.3 is 0 Å². The van der Waals surface area contributed by atoms with Crippen LogP contribution in [0.4, 0.5) is 4.79 Å². The Morgan fingerprint density at radius 3 is 0.707 bits per heavy atom. The van der Waals surface area contributed by atoms with E-state index in [2.05, 4.69) is 26.5 Å². The molecule has 0 saturated heterocycles. The van der Waals surface area contributed by atoms with Crippen molar-refractivity contribution in [1.82, 2.24) is 4.90 Å². The van der Waals surface area contributed by atoms with Crippen LogP contribution >= 0.6 is 12.6 Å². The summed E-state index contributed by atoms with van der Waals surface area (Å²) < 4.78 is 0. The van der Waals surface area contributed by atoms with E-state index < -0.39 is 0 Å². The Hall–Kier alpha value is 0.443. The maximum absolute atomic E-state index is 11.9. The van der Waals surface area contributed by atoms with Crippen molar-refractivity contribution in [2.75, 3.05) is 13.1 Å². The molecule has 0 spiro atoms. The van der Waals surface area contributed by atoms with Crippen LogP contribution in [-0.4, -0.2) is 23.2 Å². The van der Waals surface area contributed by atoms with Crippen molar-refractivity contribution in [1.29, 1.82) is 0 Å². The third kappa shape index (κ3) is 36.5. The van der Waals surface area contributed by atoms with E-state index in [-0.39, 0.29) is 24.7 Å². The SMILES string of the molecule is CCCCCCCCCCCCCCCCCCN(CCCCCCCCCCCCCCCCCC)C(=O)S.[Zn]. The van der Waals surface area contributed by atoms with E-state index in [9.17, 15) is 4.79 Å². The number of amides is 1. The molecule has 0 aromatic heterocycles. The molecule has 0 heterocycles. The fraction of sp³-hybridized carbons (Fsp3) is 0.973. The first-order valence-corrected chi connectivity index (χ1v) is 19.1. The van der Waals surface area contributed by atoms with Gasteiger partial charge in [-0.05, 0) is 12.8 Å². The van der Waals surface area contributed by atoms with Crippen LogP contribution in [-0.2, 0) is 19.5 Å². The topological polar surface area (TPSA) is 20.3 Å². The molecule has 2 nitrogen and oxygen atoms in total. The van der Waals surface area contributed by atoms with Gasteiger partial charge in [-0.2, -0.15) is 0 Å². The second-order valence-electron chi connectivity index (χ2n) is 12.9. The second-order valence-corrected chi connectivity index (χ2v) is 13.3. The molecule has 0 fully saturated rings. The third-order valence-corrected chi connectivity index (χ3v) is 9.12. The molecule has 4 heteroatoms. The molecule has 1 amide bonds. The van der Waals surface area contributed by atoms with Crippen LogP contribution in [0.25, 0.3) is 0 Å². The summed E-state index contributed by atoms with van der Waals surface area (Å²) in [7, 11) is 0. The minimum absolute atomic E-state index is 0. The summed E-state index contributed by atoms with van der Waals surface area (Å²) in [6.45, 7) is 6.39. The van der Waals surface area contributed by atoms with Crippen molar-refractivity contribution in [2.24, 2.45) is 0 Å². The number of hydrogen-bond acceptors (Lipinski definition) is 1. The quantitative estimate of drug-likeness (QED) is 0.0419. The zero-order chi connectivity index (χ0) is 29.2. The molecule has 0 radical (unpaired) electrons. The van der Waals surface area contributed by atoms with Gasteiger partial charge in [0.15, 0.2) is 0 Å². The number of unbranched alkanes of at least 4 members (excludes halogenated alkanes) is 30. The van der Waals surface area contributed by atoms with Gasteiger partial charge in [-0.1, -0.05) is 219 Å². The Labute approximate surface area is 278 Å². The maximum Gasteiger partial charge on any atom is 0.278 e. The van der Waals surface area contributed by atoms with Crippen LogP contribution in [0.3, 0.4) is 0 Å². The summed E-state index contributed by atoms with van der Waals surface area (Å²) >= 11 is 4.14. The maximum atomic E-state index is 11.9. The Balaban J connectivity index is 0. The van der Waals surface area contributed by atoms with E-state index in [1.165, 1.54) is 193 Å². The van der Waals surface area contributed by atoms with Crippen molar-refractivity contribution in [2.45, 2.75) is 219 Å².